The minimum absolute atomic E-state index is 0.238. The lowest BCUT2D eigenvalue weighted by atomic mass is 10.2. The van der Waals surface area contributed by atoms with Gasteiger partial charge >= 0.3 is 5.97 Å². The number of hydrogen-bond acceptors (Lipinski definition) is 3. The van der Waals surface area contributed by atoms with Gasteiger partial charge in [-0.15, -0.1) is 0 Å². The number of nitrogens with one attached hydrogen (secondary N) is 1. The fourth-order valence-electron chi connectivity index (χ4n) is 1.37. The predicted octanol–water partition coefficient (Wildman–Crippen LogP) is 1.82. The first kappa shape index (κ1) is 13.2. The largest absolute Gasteiger partial charge is 0.425 e. The van der Waals surface area contributed by atoms with Crippen molar-refractivity contribution in [3.63, 3.8) is 0 Å². The van der Waals surface area contributed by atoms with Gasteiger partial charge in [0.25, 0.3) is 0 Å². The summed E-state index contributed by atoms with van der Waals surface area (Å²) in [4.78, 5) is 22.6. The maximum Gasteiger partial charge on any atom is 0.334 e. The second-order valence-electron chi connectivity index (χ2n) is 3.90. The predicted molar refractivity (Wildman–Crippen MR) is 64.7 cm³/mol. The summed E-state index contributed by atoms with van der Waals surface area (Å²) in [6.45, 7) is 5.15. The van der Waals surface area contributed by atoms with Crippen LogP contribution < -0.4 is 10.1 Å². The van der Waals surface area contributed by atoms with Crippen LogP contribution >= 0.6 is 0 Å². The number of aryl methyl sites for hydroxylation is 1. The van der Waals surface area contributed by atoms with E-state index in [1.165, 1.54) is 6.92 Å². The smallest absolute Gasteiger partial charge is 0.334 e. The molecule has 0 aliphatic rings. The van der Waals surface area contributed by atoms with Crippen LogP contribution in [0.5, 0.6) is 5.75 Å². The standard InChI is InChI=1S/C13H17NO3/c1-4-12(14-10(3)15)13(16)17-11-7-5-9(2)6-8-11/h5-8,12H,4H2,1-3H3,(H,14,15). The van der Waals surface area contributed by atoms with Gasteiger partial charge in [0, 0.05) is 6.92 Å². The molecule has 0 saturated heterocycles. The number of amides is 1. The van der Waals surface area contributed by atoms with Crippen LogP contribution in [-0.4, -0.2) is 17.9 Å². The van der Waals surface area contributed by atoms with Crippen molar-refractivity contribution in [3.8, 4) is 5.75 Å². The van der Waals surface area contributed by atoms with Gasteiger partial charge in [-0.25, -0.2) is 4.79 Å². The van der Waals surface area contributed by atoms with Crippen molar-refractivity contribution in [1.82, 2.24) is 5.32 Å². The molecule has 0 heterocycles. The fraction of sp³-hybridized carbons (Fsp3) is 0.385. The highest BCUT2D eigenvalue weighted by Crippen LogP contribution is 2.12. The number of carbonyl (C=O) groups is 2. The average Bonchev–Trinajstić information content (AvgIpc) is 2.28. The first-order valence-electron chi connectivity index (χ1n) is 5.58. The number of carbonyl (C=O) groups excluding carboxylic acids is 2. The summed E-state index contributed by atoms with van der Waals surface area (Å²) < 4.78 is 5.17. The Balaban J connectivity index is 2.63. The number of benzene rings is 1. The molecule has 0 aromatic heterocycles. The molecule has 0 spiro atoms. The summed E-state index contributed by atoms with van der Waals surface area (Å²) in [5.41, 5.74) is 1.10. The SMILES string of the molecule is CCC(NC(C)=O)C(=O)Oc1ccc(C)cc1. The van der Waals surface area contributed by atoms with Crippen molar-refractivity contribution in [1.29, 1.82) is 0 Å². The minimum atomic E-state index is -0.589. The van der Waals surface area contributed by atoms with E-state index < -0.39 is 12.0 Å². The Morgan fingerprint density at radius 1 is 1.29 bits per heavy atom. The zero-order valence-corrected chi connectivity index (χ0v) is 10.3. The molecule has 0 aliphatic carbocycles. The molecule has 1 unspecified atom stereocenters. The van der Waals surface area contributed by atoms with Gasteiger partial charge in [-0.3, -0.25) is 4.79 Å². The van der Waals surface area contributed by atoms with Crippen LogP contribution in [0.15, 0.2) is 24.3 Å². The summed E-state index contributed by atoms with van der Waals surface area (Å²) in [6, 6.07) is 6.60. The van der Waals surface area contributed by atoms with Crippen molar-refractivity contribution in [2.45, 2.75) is 33.2 Å². The van der Waals surface area contributed by atoms with Gasteiger partial charge in [-0.2, -0.15) is 0 Å². The van der Waals surface area contributed by atoms with E-state index in [2.05, 4.69) is 5.32 Å². The van der Waals surface area contributed by atoms with Crippen molar-refractivity contribution < 1.29 is 14.3 Å². The van der Waals surface area contributed by atoms with Gasteiger partial charge in [0.2, 0.25) is 5.91 Å². The Bertz CT molecular complexity index is 398. The highest BCUT2D eigenvalue weighted by atomic mass is 16.5. The van der Waals surface area contributed by atoms with Gasteiger partial charge < -0.3 is 10.1 Å². The summed E-state index contributed by atoms with van der Waals surface area (Å²) in [6.07, 6.45) is 0.504. The van der Waals surface area contributed by atoms with Gasteiger partial charge in [0.15, 0.2) is 0 Å². The molecule has 0 saturated carbocycles. The molecular weight excluding hydrogens is 218 g/mol. The lowest BCUT2D eigenvalue weighted by molar-refractivity contribution is -0.139. The molecule has 0 bridgehead atoms. The lowest BCUT2D eigenvalue weighted by Crippen LogP contribution is -2.41. The summed E-state index contributed by atoms with van der Waals surface area (Å²) in [5, 5.41) is 2.55. The molecule has 1 N–H and O–H groups in total. The van der Waals surface area contributed by atoms with Gasteiger partial charge in [0.1, 0.15) is 11.8 Å². The van der Waals surface area contributed by atoms with Gasteiger partial charge in [-0.1, -0.05) is 24.6 Å². The molecule has 1 aromatic carbocycles. The topological polar surface area (TPSA) is 55.4 Å². The van der Waals surface area contributed by atoms with Crippen molar-refractivity contribution in [3.05, 3.63) is 29.8 Å². The van der Waals surface area contributed by atoms with Crippen LogP contribution in [-0.2, 0) is 9.59 Å². The summed E-state index contributed by atoms with van der Waals surface area (Å²) >= 11 is 0. The molecule has 0 fully saturated rings. The second kappa shape index (κ2) is 6.03. The highest BCUT2D eigenvalue weighted by molar-refractivity contribution is 5.84. The minimum Gasteiger partial charge on any atom is -0.425 e. The zero-order chi connectivity index (χ0) is 12.8. The van der Waals surface area contributed by atoms with Crippen LogP contribution in [0.25, 0.3) is 0 Å². The van der Waals surface area contributed by atoms with E-state index in [1.807, 2.05) is 26.0 Å². The van der Waals surface area contributed by atoms with Crippen molar-refractivity contribution in [2.75, 3.05) is 0 Å². The Hall–Kier alpha value is -1.84. The first-order chi connectivity index (χ1) is 8.02. The van der Waals surface area contributed by atoms with E-state index in [-0.39, 0.29) is 5.91 Å². The van der Waals surface area contributed by atoms with E-state index >= 15 is 0 Å². The Kier molecular flexibility index (Phi) is 4.69. The molecule has 92 valence electrons. The molecule has 4 heteroatoms. The fourth-order valence-corrected chi connectivity index (χ4v) is 1.37. The molecule has 17 heavy (non-hydrogen) atoms. The lowest BCUT2D eigenvalue weighted by Gasteiger charge is -2.14. The number of hydrogen-bond donors (Lipinski definition) is 1. The molecule has 1 atom stereocenters. The normalized spacial score (nSPS) is 11.7. The quantitative estimate of drug-likeness (QED) is 0.639. The van der Waals surface area contributed by atoms with Crippen LogP contribution in [0.4, 0.5) is 0 Å². The maximum absolute atomic E-state index is 11.7. The molecule has 4 nitrogen and oxygen atoms in total. The average molecular weight is 235 g/mol. The highest BCUT2D eigenvalue weighted by Gasteiger charge is 2.19. The van der Waals surface area contributed by atoms with Crippen LogP contribution in [0, 0.1) is 6.92 Å². The summed E-state index contributed by atoms with van der Waals surface area (Å²) in [5.74, 6) is -0.186. The third-order valence-corrected chi connectivity index (χ3v) is 2.31. The second-order valence-corrected chi connectivity index (χ2v) is 3.90. The third-order valence-electron chi connectivity index (χ3n) is 2.31. The number of ether oxygens (including phenoxy) is 1. The third kappa shape index (κ3) is 4.26. The van der Waals surface area contributed by atoms with Crippen LogP contribution in [0.3, 0.4) is 0 Å². The van der Waals surface area contributed by atoms with Crippen molar-refractivity contribution >= 4 is 11.9 Å². The van der Waals surface area contributed by atoms with Crippen molar-refractivity contribution in [2.24, 2.45) is 0 Å². The monoisotopic (exact) mass is 235 g/mol. The molecular formula is C13H17NO3. The van der Waals surface area contributed by atoms with E-state index in [0.29, 0.717) is 12.2 Å². The maximum atomic E-state index is 11.7. The Morgan fingerprint density at radius 3 is 2.35 bits per heavy atom. The van der Waals surface area contributed by atoms with Crippen LogP contribution in [0.2, 0.25) is 0 Å². The zero-order valence-electron chi connectivity index (χ0n) is 10.3. The van der Waals surface area contributed by atoms with Gasteiger partial charge in [0.05, 0.1) is 0 Å². The van der Waals surface area contributed by atoms with E-state index in [0.717, 1.165) is 5.56 Å². The first-order valence-corrected chi connectivity index (χ1v) is 5.58. The van der Waals surface area contributed by atoms with E-state index in [1.54, 1.807) is 12.1 Å². The molecule has 0 aliphatic heterocycles. The molecule has 0 radical (unpaired) electrons. The van der Waals surface area contributed by atoms with E-state index in [9.17, 15) is 9.59 Å². The summed E-state index contributed by atoms with van der Waals surface area (Å²) in [7, 11) is 0. The number of rotatable bonds is 4. The van der Waals surface area contributed by atoms with Crippen LogP contribution in [0.1, 0.15) is 25.8 Å². The van der Waals surface area contributed by atoms with E-state index in [4.69, 9.17) is 4.74 Å². The van der Waals surface area contributed by atoms with Gasteiger partial charge in [-0.05, 0) is 25.5 Å². The molecule has 1 aromatic rings. The Morgan fingerprint density at radius 2 is 1.88 bits per heavy atom. The molecule has 1 rings (SSSR count). The molecule has 1 amide bonds. The Labute approximate surface area is 101 Å². The number of esters is 1.